The van der Waals surface area contributed by atoms with Crippen molar-refractivity contribution >= 4 is 5.52 Å². The minimum absolute atomic E-state index is 0.222. The van der Waals surface area contributed by atoms with Crippen molar-refractivity contribution in [2.24, 2.45) is 5.92 Å². The highest BCUT2D eigenvalue weighted by molar-refractivity contribution is 5.78. The number of hydrogen-bond donors (Lipinski definition) is 2. The molecule has 0 saturated heterocycles. The maximum absolute atomic E-state index is 9.66. The van der Waals surface area contributed by atoms with Crippen LogP contribution in [0.4, 0.5) is 0 Å². The third kappa shape index (κ3) is 3.50. The topological polar surface area (TPSA) is 106 Å². The third-order valence-electron chi connectivity index (χ3n) is 5.73. The monoisotopic (exact) mass is 407 g/mol. The number of nitrogens with zero attached hydrogens (tertiary/aromatic N) is 7. The molecule has 30 heavy (non-hydrogen) atoms. The SMILES string of the molecule is CCC(C1CC1)n1cc(-c2nc(-c3cnn(CC(O)CO)c3)cn3nccc23)cn1. The predicted octanol–water partition coefficient (Wildman–Crippen LogP) is 2.17. The first-order valence-electron chi connectivity index (χ1n) is 10.4. The highest BCUT2D eigenvalue weighted by Crippen LogP contribution is 2.41. The number of hydrogen-bond acceptors (Lipinski definition) is 6. The van der Waals surface area contributed by atoms with Crippen molar-refractivity contribution in [2.75, 3.05) is 6.61 Å². The van der Waals surface area contributed by atoms with Crippen molar-refractivity contribution < 1.29 is 10.2 Å². The summed E-state index contributed by atoms with van der Waals surface area (Å²) < 4.78 is 5.50. The number of aliphatic hydroxyl groups excluding tert-OH is 2. The normalized spacial score (nSPS) is 16.2. The maximum Gasteiger partial charge on any atom is 0.0999 e. The molecule has 0 amide bonds. The molecule has 2 unspecified atom stereocenters. The zero-order valence-electron chi connectivity index (χ0n) is 16.8. The van der Waals surface area contributed by atoms with Gasteiger partial charge in [0.1, 0.15) is 0 Å². The Morgan fingerprint density at radius 1 is 1.10 bits per heavy atom. The zero-order valence-corrected chi connectivity index (χ0v) is 16.8. The summed E-state index contributed by atoms with van der Waals surface area (Å²) in [6.07, 6.45) is 13.9. The van der Waals surface area contributed by atoms with Crippen LogP contribution in [-0.2, 0) is 6.54 Å². The quantitative estimate of drug-likeness (QED) is 0.464. The van der Waals surface area contributed by atoms with Crippen LogP contribution >= 0.6 is 0 Å². The lowest BCUT2D eigenvalue weighted by Gasteiger charge is -2.14. The molecule has 1 aliphatic carbocycles. The van der Waals surface area contributed by atoms with Crippen LogP contribution in [0.25, 0.3) is 28.0 Å². The van der Waals surface area contributed by atoms with Crippen molar-refractivity contribution in [2.45, 2.75) is 44.9 Å². The molecule has 1 fully saturated rings. The van der Waals surface area contributed by atoms with Crippen LogP contribution in [0.2, 0.25) is 0 Å². The molecule has 0 radical (unpaired) electrons. The third-order valence-corrected chi connectivity index (χ3v) is 5.73. The maximum atomic E-state index is 9.66. The summed E-state index contributed by atoms with van der Waals surface area (Å²) in [7, 11) is 0. The second kappa shape index (κ2) is 7.66. The largest absolute Gasteiger partial charge is 0.394 e. The van der Waals surface area contributed by atoms with E-state index in [0.29, 0.717) is 6.04 Å². The lowest BCUT2D eigenvalue weighted by molar-refractivity contribution is 0.0783. The highest BCUT2D eigenvalue weighted by atomic mass is 16.3. The summed E-state index contributed by atoms with van der Waals surface area (Å²) >= 11 is 0. The van der Waals surface area contributed by atoms with Gasteiger partial charge >= 0.3 is 0 Å². The van der Waals surface area contributed by atoms with Crippen LogP contribution in [0.1, 0.15) is 32.2 Å². The van der Waals surface area contributed by atoms with E-state index < -0.39 is 6.10 Å². The first kappa shape index (κ1) is 19.0. The number of fused-ring (bicyclic) bond motifs is 1. The molecule has 156 valence electrons. The second-order valence-electron chi connectivity index (χ2n) is 7.95. The second-order valence-corrected chi connectivity index (χ2v) is 7.95. The summed E-state index contributed by atoms with van der Waals surface area (Å²) in [5, 5.41) is 32.0. The molecule has 4 heterocycles. The van der Waals surface area contributed by atoms with Crippen molar-refractivity contribution in [1.29, 1.82) is 0 Å². The standard InChI is InChI=1S/C21H25N7O2/c1-2-19(14-3-4-14)27-10-16(8-24-27)21-20-5-6-22-28(20)12-18(25-21)15-7-23-26(9-15)11-17(30)13-29/h5-10,12,14,17,19,29-30H,2-4,11,13H2,1H3. The molecule has 0 aliphatic heterocycles. The fraction of sp³-hybridized carbons (Fsp3) is 0.429. The number of aliphatic hydroxyl groups is 2. The smallest absolute Gasteiger partial charge is 0.0999 e. The van der Waals surface area contributed by atoms with E-state index in [0.717, 1.165) is 40.4 Å². The molecular formula is C21H25N7O2. The van der Waals surface area contributed by atoms with E-state index in [1.54, 1.807) is 17.1 Å². The van der Waals surface area contributed by atoms with Gasteiger partial charge in [-0.3, -0.25) is 9.36 Å². The molecule has 0 bridgehead atoms. The zero-order chi connectivity index (χ0) is 20.7. The fourth-order valence-electron chi connectivity index (χ4n) is 4.01. The van der Waals surface area contributed by atoms with Gasteiger partial charge in [-0.25, -0.2) is 9.50 Å². The van der Waals surface area contributed by atoms with E-state index in [1.165, 1.54) is 12.8 Å². The molecule has 1 aliphatic rings. The Hall–Kier alpha value is -3.04. The molecule has 0 aromatic carbocycles. The van der Waals surface area contributed by atoms with E-state index in [-0.39, 0.29) is 13.2 Å². The van der Waals surface area contributed by atoms with E-state index >= 15 is 0 Å². The average Bonchev–Trinajstić information content (AvgIpc) is 3.15. The molecule has 2 atom stereocenters. The summed E-state index contributed by atoms with van der Waals surface area (Å²) in [5.41, 5.74) is 4.25. The molecule has 2 N–H and O–H groups in total. The van der Waals surface area contributed by atoms with Gasteiger partial charge in [-0.15, -0.1) is 0 Å². The van der Waals surface area contributed by atoms with Crippen LogP contribution in [0.3, 0.4) is 0 Å². The predicted molar refractivity (Wildman–Crippen MR) is 111 cm³/mol. The molecular weight excluding hydrogens is 382 g/mol. The minimum Gasteiger partial charge on any atom is -0.394 e. The summed E-state index contributed by atoms with van der Waals surface area (Å²) in [6, 6.07) is 2.39. The van der Waals surface area contributed by atoms with E-state index in [9.17, 15) is 5.11 Å². The van der Waals surface area contributed by atoms with Crippen LogP contribution < -0.4 is 0 Å². The Bertz CT molecular complexity index is 1160. The Labute approximate surface area is 173 Å². The van der Waals surface area contributed by atoms with Gasteiger partial charge in [0, 0.05) is 23.5 Å². The Kier molecular flexibility index (Phi) is 4.84. The fourth-order valence-corrected chi connectivity index (χ4v) is 4.01. The number of rotatable bonds is 8. The molecule has 0 spiro atoms. The molecule has 5 rings (SSSR count). The van der Waals surface area contributed by atoms with Gasteiger partial charge in [-0.05, 0) is 31.2 Å². The Morgan fingerprint density at radius 2 is 1.93 bits per heavy atom. The summed E-state index contributed by atoms with van der Waals surface area (Å²) in [6.45, 7) is 2.13. The Morgan fingerprint density at radius 3 is 2.70 bits per heavy atom. The van der Waals surface area contributed by atoms with Crippen molar-refractivity contribution in [1.82, 2.24) is 34.2 Å². The van der Waals surface area contributed by atoms with Crippen molar-refractivity contribution in [3.63, 3.8) is 0 Å². The summed E-state index contributed by atoms with van der Waals surface area (Å²) in [5.74, 6) is 0.733. The van der Waals surface area contributed by atoms with Crippen LogP contribution in [0.5, 0.6) is 0 Å². The molecule has 4 aromatic heterocycles. The first-order valence-corrected chi connectivity index (χ1v) is 10.4. The van der Waals surface area contributed by atoms with Crippen LogP contribution in [0.15, 0.2) is 43.2 Å². The van der Waals surface area contributed by atoms with Gasteiger partial charge in [0.25, 0.3) is 0 Å². The molecule has 9 heteroatoms. The summed E-state index contributed by atoms with van der Waals surface area (Å²) in [4.78, 5) is 4.91. The van der Waals surface area contributed by atoms with Gasteiger partial charge in [0.05, 0.1) is 67.0 Å². The van der Waals surface area contributed by atoms with Gasteiger partial charge in [0.15, 0.2) is 0 Å². The van der Waals surface area contributed by atoms with Crippen LogP contribution in [-0.4, -0.2) is 57.1 Å². The molecule has 9 nitrogen and oxygen atoms in total. The highest BCUT2D eigenvalue weighted by Gasteiger charge is 2.31. The molecule has 4 aromatic rings. The van der Waals surface area contributed by atoms with Gasteiger partial charge < -0.3 is 10.2 Å². The lowest BCUT2D eigenvalue weighted by atomic mass is 10.1. The van der Waals surface area contributed by atoms with Crippen LogP contribution in [0, 0.1) is 5.92 Å². The lowest BCUT2D eigenvalue weighted by Crippen LogP contribution is -2.19. The van der Waals surface area contributed by atoms with Crippen molar-refractivity contribution in [3.8, 4) is 22.5 Å². The Balaban J connectivity index is 1.52. The van der Waals surface area contributed by atoms with E-state index in [2.05, 4.69) is 33.1 Å². The van der Waals surface area contributed by atoms with E-state index in [1.807, 2.05) is 29.2 Å². The molecule has 1 saturated carbocycles. The first-order chi connectivity index (χ1) is 14.7. The minimum atomic E-state index is -0.848. The van der Waals surface area contributed by atoms with Gasteiger partial charge in [0.2, 0.25) is 0 Å². The van der Waals surface area contributed by atoms with Gasteiger partial charge in [-0.2, -0.15) is 15.3 Å². The average molecular weight is 407 g/mol. The number of aromatic nitrogens is 7. The van der Waals surface area contributed by atoms with E-state index in [4.69, 9.17) is 10.1 Å². The van der Waals surface area contributed by atoms with Crippen molar-refractivity contribution in [3.05, 3.63) is 43.2 Å². The van der Waals surface area contributed by atoms with Gasteiger partial charge in [-0.1, -0.05) is 6.92 Å².